The van der Waals surface area contributed by atoms with Crippen LogP contribution < -0.4 is 9.96 Å². The first-order chi connectivity index (χ1) is 21.2. The van der Waals surface area contributed by atoms with Crippen LogP contribution in [0.15, 0.2) is 67.3 Å². The predicted octanol–water partition coefficient (Wildman–Crippen LogP) is 10.8. The van der Waals surface area contributed by atoms with E-state index >= 15 is 0 Å². The van der Waals surface area contributed by atoms with Crippen LogP contribution >= 0.6 is 0 Å². The SMILES string of the molecule is C=CC(B1C2CCCC(CCC2)C1[Si](C)(C)C)[C@@](C)(NB1C2CCCC(CCC2)C1c1ccccc1)c1ccc(OC)cc1. The Bertz CT molecular complexity index is 1210. The highest BCUT2D eigenvalue weighted by Crippen LogP contribution is 2.57. The Kier molecular flexibility index (Phi) is 9.94. The van der Waals surface area contributed by atoms with Crippen molar-refractivity contribution in [2.75, 3.05) is 7.11 Å². The van der Waals surface area contributed by atoms with Gasteiger partial charge in [0.25, 0.3) is 0 Å². The Morgan fingerprint density at radius 3 is 1.93 bits per heavy atom. The number of hydrogen-bond acceptors (Lipinski definition) is 2. The van der Waals surface area contributed by atoms with Crippen LogP contribution in [0.2, 0.25) is 42.5 Å². The third kappa shape index (κ3) is 6.31. The van der Waals surface area contributed by atoms with E-state index in [0.717, 1.165) is 34.7 Å². The zero-order valence-electron chi connectivity index (χ0n) is 28.6. The lowest BCUT2D eigenvalue weighted by Crippen LogP contribution is -2.59. The van der Waals surface area contributed by atoms with Crippen molar-refractivity contribution in [3.63, 3.8) is 0 Å². The summed E-state index contributed by atoms with van der Waals surface area (Å²) in [6, 6.07) is 20.8. The quantitative estimate of drug-likeness (QED) is 0.226. The Labute approximate surface area is 271 Å². The van der Waals surface area contributed by atoms with E-state index in [1.165, 1.54) is 82.6 Å². The largest absolute Gasteiger partial charge is 0.497 e. The number of ether oxygens (including phenoxy) is 1. The summed E-state index contributed by atoms with van der Waals surface area (Å²) in [7, 11) is 0.337. The number of methoxy groups -OCH3 is 1. The van der Waals surface area contributed by atoms with Crippen molar-refractivity contribution in [1.29, 1.82) is 0 Å². The first kappa shape index (κ1) is 32.2. The molecular weight excluding hydrogens is 548 g/mol. The van der Waals surface area contributed by atoms with E-state index in [2.05, 4.69) is 92.5 Å². The van der Waals surface area contributed by atoms with Crippen LogP contribution in [0.1, 0.15) is 101 Å². The first-order valence-corrected chi connectivity index (χ1v) is 21.9. The van der Waals surface area contributed by atoms with E-state index in [-0.39, 0.29) is 5.54 Å². The number of rotatable bonds is 9. The van der Waals surface area contributed by atoms with Crippen LogP contribution in [0.4, 0.5) is 0 Å². The van der Waals surface area contributed by atoms with Crippen molar-refractivity contribution in [3.05, 3.63) is 78.4 Å². The lowest BCUT2D eigenvalue weighted by atomic mass is 9.27. The van der Waals surface area contributed by atoms with Gasteiger partial charge in [0, 0.05) is 13.6 Å². The predicted molar refractivity (Wildman–Crippen MR) is 195 cm³/mol. The van der Waals surface area contributed by atoms with Gasteiger partial charge in [-0.25, -0.2) is 0 Å². The molecule has 0 radical (unpaired) electrons. The molecule has 2 aromatic carbocycles. The Morgan fingerprint density at radius 1 is 0.818 bits per heavy atom. The molecule has 44 heavy (non-hydrogen) atoms. The summed E-state index contributed by atoms with van der Waals surface area (Å²) < 4.78 is 5.68. The van der Waals surface area contributed by atoms with Crippen LogP contribution in [0, 0.1) is 11.8 Å². The van der Waals surface area contributed by atoms with E-state index in [1.54, 1.807) is 12.7 Å². The minimum absolute atomic E-state index is 0.205. The van der Waals surface area contributed by atoms with Gasteiger partial charge in [0.15, 0.2) is 6.71 Å². The van der Waals surface area contributed by atoms with Crippen LogP contribution in [0.5, 0.6) is 5.75 Å². The zero-order chi connectivity index (χ0) is 30.9. The molecule has 0 amide bonds. The van der Waals surface area contributed by atoms with E-state index in [1.807, 2.05) is 0 Å². The van der Waals surface area contributed by atoms with Gasteiger partial charge in [-0.1, -0.05) is 162 Å². The second-order valence-corrected chi connectivity index (χ2v) is 21.9. The molecule has 4 saturated heterocycles. The Balaban J connectivity index is 1.50. The molecule has 4 atom stereocenters. The molecule has 4 aliphatic rings. The standard InChI is InChI=1S/C39H59B2NOSi/c1-7-36(40-33-21-13-19-31(20-14-22-33)38(40)44(4,5)6)39(2,32-25-27-35(43-3)28-26-32)42-41-34-23-11-17-30(18-12-24-34)37(41)29-15-9-8-10-16-29/h7-10,15-16,25-28,30-31,33-34,36-38,42H,1,11-14,17-24H2,2-6H3/t30?,31?,33?,34?,36?,37?,38?,39-/m0/s1. The molecule has 0 spiro atoms. The molecule has 1 N–H and O–H groups in total. The van der Waals surface area contributed by atoms with Gasteiger partial charge in [-0.2, -0.15) is 0 Å². The topological polar surface area (TPSA) is 21.3 Å². The van der Waals surface area contributed by atoms with Gasteiger partial charge in [-0.15, -0.1) is 6.58 Å². The molecule has 4 aliphatic heterocycles. The average molecular weight is 608 g/mol. The van der Waals surface area contributed by atoms with Gasteiger partial charge in [0.05, 0.1) is 7.11 Å². The maximum atomic E-state index is 5.68. The smallest absolute Gasteiger partial charge is 0.232 e. The third-order valence-electron chi connectivity index (χ3n) is 13.1. The molecule has 3 unspecified atom stereocenters. The average Bonchev–Trinajstić information content (AvgIpc) is 3.43. The molecule has 4 fully saturated rings. The number of nitrogens with one attached hydrogen (secondary N) is 1. The number of fused-ring (bicyclic) bond motifs is 6. The maximum absolute atomic E-state index is 5.68. The maximum Gasteiger partial charge on any atom is 0.232 e. The van der Waals surface area contributed by atoms with Gasteiger partial charge < -0.3 is 9.96 Å². The monoisotopic (exact) mass is 607 g/mol. The van der Waals surface area contributed by atoms with Crippen LogP contribution in [-0.2, 0) is 5.54 Å². The van der Waals surface area contributed by atoms with Crippen LogP contribution in [0.3, 0.4) is 0 Å². The zero-order valence-corrected chi connectivity index (χ0v) is 29.6. The number of hydrogen-bond donors (Lipinski definition) is 1. The summed E-state index contributed by atoms with van der Waals surface area (Å²) in [5.74, 6) is 5.07. The lowest BCUT2D eigenvalue weighted by molar-refractivity contribution is 0.389. The van der Waals surface area contributed by atoms with Crippen molar-refractivity contribution < 1.29 is 4.74 Å². The lowest BCUT2D eigenvalue weighted by Gasteiger charge is -2.50. The van der Waals surface area contributed by atoms with Gasteiger partial charge in [0.2, 0.25) is 6.85 Å². The minimum Gasteiger partial charge on any atom is -0.497 e. The molecule has 236 valence electrons. The molecule has 2 nitrogen and oxygen atoms in total. The normalized spacial score (nSPS) is 31.3. The van der Waals surface area contributed by atoms with E-state index in [9.17, 15) is 0 Å². The molecule has 4 heterocycles. The molecule has 4 bridgehead atoms. The molecule has 6 rings (SSSR count). The van der Waals surface area contributed by atoms with Crippen molar-refractivity contribution in [1.82, 2.24) is 5.23 Å². The molecule has 2 aromatic rings. The second kappa shape index (κ2) is 13.6. The summed E-state index contributed by atoms with van der Waals surface area (Å²) in [6.07, 6.45) is 19.2. The van der Waals surface area contributed by atoms with Gasteiger partial charge in [-0.05, 0) is 53.9 Å². The van der Waals surface area contributed by atoms with Crippen molar-refractivity contribution in [3.8, 4) is 5.75 Å². The fourth-order valence-electron chi connectivity index (χ4n) is 11.4. The highest BCUT2D eigenvalue weighted by Gasteiger charge is 2.55. The molecule has 0 saturated carbocycles. The van der Waals surface area contributed by atoms with Gasteiger partial charge in [-0.3, -0.25) is 0 Å². The molecule has 0 aromatic heterocycles. The number of benzene rings is 2. The fourth-order valence-corrected chi connectivity index (χ4v) is 14.8. The van der Waals surface area contributed by atoms with Crippen molar-refractivity contribution in [2.45, 2.75) is 138 Å². The van der Waals surface area contributed by atoms with Crippen molar-refractivity contribution >= 4 is 21.6 Å². The van der Waals surface area contributed by atoms with Crippen molar-refractivity contribution in [2.24, 2.45) is 11.8 Å². The highest BCUT2D eigenvalue weighted by molar-refractivity contribution is 6.91. The fraction of sp³-hybridized carbons (Fsp3) is 0.641. The van der Waals surface area contributed by atoms with Crippen LogP contribution in [-0.4, -0.2) is 28.7 Å². The third-order valence-corrected chi connectivity index (χ3v) is 16.0. The summed E-state index contributed by atoms with van der Waals surface area (Å²) in [4.78, 5) is 0. The summed E-state index contributed by atoms with van der Waals surface area (Å²) >= 11 is 0. The van der Waals surface area contributed by atoms with E-state index < -0.39 is 8.07 Å². The van der Waals surface area contributed by atoms with Crippen LogP contribution in [0.25, 0.3) is 0 Å². The minimum atomic E-state index is -1.45. The molecule has 5 heteroatoms. The second-order valence-electron chi connectivity index (χ2n) is 16.5. The van der Waals surface area contributed by atoms with Gasteiger partial charge in [0.1, 0.15) is 5.75 Å². The molecule has 0 aliphatic carbocycles. The van der Waals surface area contributed by atoms with Gasteiger partial charge >= 0.3 is 0 Å². The summed E-state index contributed by atoms with van der Waals surface area (Å²) in [6.45, 7) is 16.5. The molecular formula is C39H59B2NOSi. The Hall–Kier alpha value is -1.71. The van der Waals surface area contributed by atoms with E-state index in [0.29, 0.717) is 25.2 Å². The summed E-state index contributed by atoms with van der Waals surface area (Å²) in [5, 5.41) is 4.67. The Morgan fingerprint density at radius 2 is 1.39 bits per heavy atom. The van der Waals surface area contributed by atoms with E-state index in [4.69, 9.17) is 11.3 Å². The first-order valence-electron chi connectivity index (χ1n) is 18.3. The summed E-state index contributed by atoms with van der Waals surface area (Å²) in [5.41, 5.74) is 3.62. The highest BCUT2D eigenvalue weighted by atomic mass is 28.3.